The minimum Gasteiger partial charge on any atom is -0.457 e. The van der Waals surface area contributed by atoms with Crippen molar-refractivity contribution in [2.24, 2.45) is 5.73 Å². The number of aromatic nitrogens is 2. The number of rotatable bonds is 5. The number of benzene rings is 2. The summed E-state index contributed by atoms with van der Waals surface area (Å²) in [7, 11) is 0. The Balaban J connectivity index is 1.70. The number of nitrogens with two attached hydrogens (primary N) is 2. The number of primary amides is 1. The lowest BCUT2D eigenvalue weighted by Crippen LogP contribution is -2.34. The molecule has 1 unspecified atom stereocenters. The molecule has 9 heteroatoms. The minimum absolute atomic E-state index is 0.121. The number of carbonyl (C=O) groups excluding carboxylic acids is 1. The lowest BCUT2D eigenvalue weighted by molar-refractivity contribution is 0.100. The van der Waals surface area contributed by atoms with Crippen molar-refractivity contribution in [1.82, 2.24) is 14.7 Å². The molecule has 1 fully saturated rings. The first-order valence-electron chi connectivity index (χ1n) is 10.2. The molecule has 1 saturated heterocycles. The molecule has 4 N–H and O–H groups in total. The zero-order valence-corrected chi connectivity index (χ0v) is 18.3. The van der Waals surface area contributed by atoms with E-state index >= 15 is 0 Å². The number of piperidine rings is 1. The van der Waals surface area contributed by atoms with E-state index in [1.807, 2.05) is 25.1 Å². The van der Waals surface area contributed by atoms with Crippen LogP contribution in [0, 0.1) is 18.4 Å². The maximum absolute atomic E-state index is 12.3. The molecule has 2 aromatic carbocycles. The van der Waals surface area contributed by atoms with Crippen molar-refractivity contribution in [3.63, 3.8) is 0 Å². The predicted octanol–water partition coefficient (Wildman–Crippen LogP) is 4.10. The van der Waals surface area contributed by atoms with Crippen molar-refractivity contribution in [3.8, 4) is 28.9 Å². The van der Waals surface area contributed by atoms with Crippen LogP contribution in [0.25, 0.3) is 11.3 Å². The molecule has 4 rings (SSSR count). The first-order valence-corrected chi connectivity index (χ1v) is 10.6. The number of carbonyl (C=O) groups is 1. The normalized spacial score (nSPS) is 15.9. The topological polar surface area (TPSA) is 123 Å². The highest BCUT2D eigenvalue weighted by atomic mass is 35.5. The van der Waals surface area contributed by atoms with Crippen molar-refractivity contribution in [1.29, 1.82) is 5.26 Å². The van der Waals surface area contributed by atoms with E-state index in [-0.39, 0.29) is 17.4 Å². The molecule has 1 aliphatic heterocycles. The summed E-state index contributed by atoms with van der Waals surface area (Å²) in [6.07, 6.45) is 3.81. The highest BCUT2D eigenvalue weighted by Gasteiger charge is 2.28. The fourth-order valence-electron chi connectivity index (χ4n) is 3.90. The predicted molar refractivity (Wildman–Crippen MR) is 122 cm³/mol. The third kappa shape index (κ3) is 4.20. The first kappa shape index (κ1) is 21.5. The second-order valence-corrected chi connectivity index (χ2v) is 8.21. The summed E-state index contributed by atoms with van der Waals surface area (Å²) in [6, 6.07) is 12.5. The molecule has 1 aromatic heterocycles. The summed E-state index contributed by atoms with van der Waals surface area (Å²) < 4.78 is 7.57. The van der Waals surface area contributed by atoms with Crippen LogP contribution in [0.1, 0.15) is 34.8 Å². The molecule has 0 saturated carbocycles. The van der Waals surface area contributed by atoms with Gasteiger partial charge in [0.15, 0.2) is 6.19 Å². The maximum atomic E-state index is 12.3. The molecular weight excluding hydrogens is 428 g/mol. The average Bonchev–Trinajstić information content (AvgIpc) is 3.14. The van der Waals surface area contributed by atoms with Crippen molar-refractivity contribution in [3.05, 3.63) is 58.6 Å². The van der Waals surface area contributed by atoms with Gasteiger partial charge in [0.2, 0.25) is 0 Å². The van der Waals surface area contributed by atoms with E-state index in [1.54, 1.807) is 33.8 Å². The molecule has 32 heavy (non-hydrogen) atoms. The third-order valence-electron chi connectivity index (χ3n) is 5.56. The molecule has 8 nitrogen and oxygen atoms in total. The Labute approximate surface area is 190 Å². The van der Waals surface area contributed by atoms with Gasteiger partial charge in [0.1, 0.15) is 28.6 Å². The lowest BCUT2D eigenvalue weighted by Gasteiger charge is -2.29. The van der Waals surface area contributed by atoms with E-state index in [0.717, 1.165) is 18.4 Å². The van der Waals surface area contributed by atoms with Crippen LogP contribution in [0.15, 0.2) is 42.5 Å². The van der Waals surface area contributed by atoms with Crippen molar-refractivity contribution >= 4 is 23.3 Å². The zero-order chi connectivity index (χ0) is 22.8. The summed E-state index contributed by atoms with van der Waals surface area (Å²) in [5.41, 5.74) is 14.1. The second-order valence-electron chi connectivity index (χ2n) is 7.80. The Kier molecular flexibility index (Phi) is 5.93. The SMILES string of the molecule is Cc1ccc(Oc2cccc(-c3nn(C4CCCN(C#N)C4)c(N)c3C(N)=O)c2)cc1Cl. The van der Waals surface area contributed by atoms with Crippen LogP contribution >= 0.6 is 11.6 Å². The zero-order valence-electron chi connectivity index (χ0n) is 17.6. The maximum Gasteiger partial charge on any atom is 0.254 e. The van der Waals surface area contributed by atoms with Crippen LogP contribution in [-0.2, 0) is 0 Å². The molecule has 1 amide bonds. The highest BCUT2D eigenvalue weighted by Crippen LogP contribution is 2.34. The fourth-order valence-corrected chi connectivity index (χ4v) is 4.07. The number of nitriles is 1. The standard InChI is InChI=1S/C23H23ClN6O2/c1-14-7-8-18(11-19(14)24)32-17-6-2-4-15(10-17)21-20(23(27)31)22(26)30(28-21)16-5-3-9-29(12-16)13-25/h2,4,6-8,10-11,16H,3,5,9,12,26H2,1H3,(H2,27,31). The molecule has 1 aliphatic rings. The van der Waals surface area contributed by atoms with Crippen molar-refractivity contribution < 1.29 is 9.53 Å². The third-order valence-corrected chi connectivity index (χ3v) is 5.97. The van der Waals surface area contributed by atoms with Gasteiger partial charge in [0.25, 0.3) is 5.91 Å². The van der Waals surface area contributed by atoms with Gasteiger partial charge in [0.05, 0.1) is 12.6 Å². The van der Waals surface area contributed by atoms with Crippen LogP contribution in [0.3, 0.4) is 0 Å². The fraction of sp³-hybridized carbons (Fsp3) is 0.261. The van der Waals surface area contributed by atoms with Crippen LogP contribution < -0.4 is 16.2 Å². The van der Waals surface area contributed by atoms with Gasteiger partial charge in [-0.2, -0.15) is 10.4 Å². The van der Waals surface area contributed by atoms with Crippen LogP contribution in [0.2, 0.25) is 5.02 Å². The summed E-state index contributed by atoms with van der Waals surface area (Å²) >= 11 is 6.20. The Hall–Kier alpha value is -3.70. The Morgan fingerprint density at radius 1 is 1.28 bits per heavy atom. The number of nitrogens with zero attached hydrogens (tertiary/aromatic N) is 4. The van der Waals surface area contributed by atoms with Crippen molar-refractivity contribution in [2.75, 3.05) is 18.8 Å². The van der Waals surface area contributed by atoms with Crippen LogP contribution in [0.5, 0.6) is 11.5 Å². The van der Waals surface area contributed by atoms with E-state index in [0.29, 0.717) is 40.9 Å². The van der Waals surface area contributed by atoms with E-state index in [1.165, 1.54) is 0 Å². The summed E-state index contributed by atoms with van der Waals surface area (Å²) in [5, 5.41) is 14.5. The Morgan fingerprint density at radius 3 is 2.78 bits per heavy atom. The number of nitrogen functional groups attached to an aromatic ring is 1. The molecule has 164 valence electrons. The van der Waals surface area contributed by atoms with Gasteiger partial charge in [-0.15, -0.1) is 0 Å². The number of anilines is 1. The Morgan fingerprint density at radius 2 is 2.06 bits per heavy atom. The van der Waals surface area contributed by atoms with Crippen LogP contribution in [-0.4, -0.2) is 33.7 Å². The molecule has 0 bridgehead atoms. The van der Waals surface area contributed by atoms with Gasteiger partial charge in [-0.3, -0.25) is 4.79 Å². The summed E-state index contributed by atoms with van der Waals surface area (Å²) in [5.74, 6) is 0.693. The van der Waals surface area contributed by atoms with Gasteiger partial charge in [-0.25, -0.2) is 4.68 Å². The summed E-state index contributed by atoms with van der Waals surface area (Å²) in [6.45, 7) is 3.10. The number of halogens is 1. The van der Waals surface area contributed by atoms with Crippen molar-refractivity contribution in [2.45, 2.75) is 25.8 Å². The minimum atomic E-state index is -0.659. The van der Waals surface area contributed by atoms with E-state index in [4.69, 9.17) is 27.8 Å². The molecule has 0 spiro atoms. The number of amides is 1. The monoisotopic (exact) mass is 450 g/mol. The lowest BCUT2D eigenvalue weighted by atomic mass is 10.1. The van der Waals surface area contributed by atoms with Gasteiger partial charge < -0.3 is 21.1 Å². The smallest absolute Gasteiger partial charge is 0.254 e. The van der Waals surface area contributed by atoms with Crippen LogP contribution in [0.4, 0.5) is 5.82 Å². The Bertz CT molecular complexity index is 1220. The van der Waals surface area contributed by atoms with Gasteiger partial charge in [-0.05, 0) is 49.6 Å². The molecule has 0 radical (unpaired) electrons. The van der Waals surface area contributed by atoms with Gasteiger partial charge in [0, 0.05) is 17.1 Å². The number of hydrogen-bond acceptors (Lipinski definition) is 6. The second kappa shape index (κ2) is 8.81. The molecule has 3 aromatic rings. The van der Waals surface area contributed by atoms with E-state index in [2.05, 4.69) is 11.3 Å². The number of likely N-dealkylation sites (tertiary alicyclic amines) is 1. The first-order chi connectivity index (χ1) is 15.4. The average molecular weight is 451 g/mol. The quantitative estimate of drug-likeness (QED) is 0.564. The number of hydrogen-bond donors (Lipinski definition) is 2. The highest BCUT2D eigenvalue weighted by molar-refractivity contribution is 6.31. The van der Waals surface area contributed by atoms with E-state index in [9.17, 15) is 10.1 Å². The van der Waals surface area contributed by atoms with Gasteiger partial charge in [-0.1, -0.05) is 29.8 Å². The largest absolute Gasteiger partial charge is 0.457 e. The molecular formula is C23H23ClN6O2. The molecule has 0 aliphatic carbocycles. The number of ether oxygens (including phenoxy) is 1. The van der Waals surface area contributed by atoms with Gasteiger partial charge >= 0.3 is 0 Å². The molecule has 1 atom stereocenters. The number of aryl methyl sites for hydroxylation is 1. The molecule has 2 heterocycles. The summed E-state index contributed by atoms with van der Waals surface area (Å²) in [4.78, 5) is 13.9. The van der Waals surface area contributed by atoms with E-state index < -0.39 is 5.91 Å².